The van der Waals surface area contributed by atoms with Crippen molar-refractivity contribution in [3.8, 4) is 0 Å². The smallest absolute Gasteiger partial charge is 0.303 e. The lowest BCUT2D eigenvalue weighted by Crippen LogP contribution is -2.24. The van der Waals surface area contributed by atoms with E-state index in [2.05, 4.69) is 5.32 Å². The van der Waals surface area contributed by atoms with E-state index in [0.29, 0.717) is 30.0 Å². The Morgan fingerprint density at radius 2 is 2.06 bits per heavy atom. The Morgan fingerprint density at radius 3 is 2.71 bits per heavy atom. The molecule has 92 valence electrons. The quantitative estimate of drug-likeness (QED) is 0.767. The van der Waals surface area contributed by atoms with E-state index in [1.54, 1.807) is 24.3 Å². The van der Waals surface area contributed by atoms with Crippen molar-refractivity contribution < 1.29 is 14.7 Å². The van der Waals surface area contributed by atoms with E-state index in [-0.39, 0.29) is 12.3 Å². The normalized spacial score (nSPS) is 9.94. The van der Waals surface area contributed by atoms with Crippen molar-refractivity contribution in [2.45, 2.75) is 19.3 Å². The van der Waals surface area contributed by atoms with Crippen molar-refractivity contribution in [3.63, 3.8) is 0 Å². The molecule has 17 heavy (non-hydrogen) atoms. The first-order valence-electron chi connectivity index (χ1n) is 5.35. The molecule has 0 atom stereocenters. The minimum absolute atomic E-state index is 0.132. The molecule has 1 aromatic carbocycles. The zero-order chi connectivity index (χ0) is 12.7. The van der Waals surface area contributed by atoms with Crippen molar-refractivity contribution in [1.82, 2.24) is 5.32 Å². The Hall–Kier alpha value is -1.55. The molecule has 0 aromatic heterocycles. The minimum atomic E-state index is -0.814. The number of carbonyl (C=O) groups excluding carboxylic acids is 1. The zero-order valence-corrected chi connectivity index (χ0v) is 10.0. The fraction of sp³-hybridized carbons (Fsp3) is 0.333. The molecule has 0 saturated carbocycles. The second-order valence-corrected chi connectivity index (χ2v) is 4.05. The lowest BCUT2D eigenvalue weighted by molar-refractivity contribution is -0.137. The van der Waals surface area contributed by atoms with Gasteiger partial charge in [-0.25, -0.2) is 0 Å². The second-order valence-electron chi connectivity index (χ2n) is 3.62. The van der Waals surface area contributed by atoms with Gasteiger partial charge in [-0.2, -0.15) is 0 Å². The second kappa shape index (κ2) is 6.91. The van der Waals surface area contributed by atoms with Crippen molar-refractivity contribution in [2.75, 3.05) is 6.54 Å². The molecule has 2 N–H and O–H groups in total. The average molecular weight is 256 g/mol. The Morgan fingerprint density at radius 1 is 1.29 bits per heavy atom. The summed E-state index contributed by atoms with van der Waals surface area (Å²) in [5.41, 5.74) is 0.510. The van der Waals surface area contributed by atoms with Crippen molar-refractivity contribution in [2.24, 2.45) is 0 Å². The molecule has 1 rings (SSSR count). The van der Waals surface area contributed by atoms with Crippen LogP contribution in [0.25, 0.3) is 0 Å². The molecule has 1 aromatic rings. The van der Waals surface area contributed by atoms with Crippen LogP contribution in [-0.4, -0.2) is 23.5 Å². The van der Waals surface area contributed by atoms with Gasteiger partial charge >= 0.3 is 5.97 Å². The highest BCUT2D eigenvalue weighted by Gasteiger charge is 2.04. The maximum atomic E-state index is 11.6. The molecule has 1 amide bonds. The SMILES string of the molecule is O=C(O)CCCCNC(=O)c1cccc(Cl)c1. The van der Waals surface area contributed by atoms with Gasteiger partial charge in [0.2, 0.25) is 0 Å². The first-order chi connectivity index (χ1) is 8.09. The van der Waals surface area contributed by atoms with Crippen LogP contribution in [0.3, 0.4) is 0 Å². The number of hydrogen-bond acceptors (Lipinski definition) is 2. The average Bonchev–Trinajstić information content (AvgIpc) is 2.28. The topological polar surface area (TPSA) is 66.4 Å². The first kappa shape index (κ1) is 13.5. The zero-order valence-electron chi connectivity index (χ0n) is 9.28. The van der Waals surface area contributed by atoms with E-state index in [0.717, 1.165) is 0 Å². The van der Waals surface area contributed by atoms with Crippen LogP contribution in [-0.2, 0) is 4.79 Å². The number of halogens is 1. The summed E-state index contributed by atoms with van der Waals surface area (Å²) in [6, 6.07) is 6.68. The van der Waals surface area contributed by atoms with Gasteiger partial charge in [0.15, 0.2) is 0 Å². The fourth-order valence-corrected chi connectivity index (χ4v) is 1.53. The summed E-state index contributed by atoms with van der Waals surface area (Å²) in [5, 5.41) is 11.7. The van der Waals surface area contributed by atoms with Gasteiger partial charge in [-0.15, -0.1) is 0 Å². The van der Waals surface area contributed by atoms with Gasteiger partial charge < -0.3 is 10.4 Å². The third-order valence-electron chi connectivity index (χ3n) is 2.19. The van der Waals surface area contributed by atoms with Crippen LogP contribution >= 0.6 is 11.6 Å². The molecule has 0 radical (unpaired) electrons. The minimum Gasteiger partial charge on any atom is -0.481 e. The highest BCUT2D eigenvalue weighted by Crippen LogP contribution is 2.10. The number of carbonyl (C=O) groups is 2. The van der Waals surface area contributed by atoms with Crippen molar-refractivity contribution in [1.29, 1.82) is 0 Å². The maximum Gasteiger partial charge on any atom is 0.303 e. The maximum absolute atomic E-state index is 11.6. The van der Waals surface area contributed by atoms with E-state index in [9.17, 15) is 9.59 Å². The molecule has 0 fully saturated rings. The molecule has 0 heterocycles. The van der Waals surface area contributed by atoms with Crippen molar-refractivity contribution in [3.05, 3.63) is 34.9 Å². The molecule has 0 aliphatic carbocycles. The summed E-state index contributed by atoms with van der Waals surface area (Å²) in [7, 11) is 0. The summed E-state index contributed by atoms with van der Waals surface area (Å²) in [6.07, 6.45) is 1.34. The summed E-state index contributed by atoms with van der Waals surface area (Å²) in [5.74, 6) is -1.01. The Labute approximate surface area is 105 Å². The van der Waals surface area contributed by atoms with E-state index >= 15 is 0 Å². The molecular weight excluding hydrogens is 242 g/mol. The Balaban J connectivity index is 2.28. The highest BCUT2D eigenvalue weighted by atomic mass is 35.5. The summed E-state index contributed by atoms with van der Waals surface area (Å²) in [4.78, 5) is 21.9. The number of unbranched alkanes of at least 4 members (excludes halogenated alkanes) is 1. The van der Waals surface area contributed by atoms with Gasteiger partial charge in [0.05, 0.1) is 0 Å². The molecule has 0 aliphatic rings. The number of carboxylic acids is 1. The predicted octanol–water partition coefficient (Wildman–Crippen LogP) is 2.32. The fourth-order valence-electron chi connectivity index (χ4n) is 1.33. The molecule has 5 heteroatoms. The van der Waals surface area contributed by atoms with Crippen LogP contribution in [0.5, 0.6) is 0 Å². The lowest BCUT2D eigenvalue weighted by Gasteiger charge is -2.04. The summed E-state index contributed by atoms with van der Waals surface area (Å²) in [6.45, 7) is 0.471. The number of nitrogens with one attached hydrogen (secondary N) is 1. The number of rotatable bonds is 6. The third kappa shape index (κ3) is 5.36. The van der Waals surface area contributed by atoms with Crippen LogP contribution in [0.15, 0.2) is 24.3 Å². The predicted molar refractivity (Wildman–Crippen MR) is 65.3 cm³/mol. The van der Waals surface area contributed by atoms with Gasteiger partial charge in [-0.3, -0.25) is 9.59 Å². The number of carboxylic acid groups (broad SMARTS) is 1. The van der Waals surface area contributed by atoms with Gasteiger partial charge in [0.1, 0.15) is 0 Å². The van der Waals surface area contributed by atoms with Gasteiger partial charge in [0, 0.05) is 23.6 Å². The van der Waals surface area contributed by atoms with Crippen LogP contribution in [0.2, 0.25) is 5.02 Å². The van der Waals surface area contributed by atoms with Gasteiger partial charge in [0.25, 0.3) is 5.91 Å². The molecule has 4 nitrogen and oxygen atoms in total. The van der Waals surface area contributed by atoms with Gasteiger partial charge in [-0.05, 0) is 31.0 Å². The van der Waals surface area contributed by atoms with Crippen LogP contribution in [0.1, 0.15) is 29.6 Å². The van der Waals surface area contributed by atoms with Gasteiger partial charge in [-0.1, -0.05) is 17.7 Å². The molecule has 0 saturated heterocycles. The van der Waals surface area contributed by atoms with Crippen LogP contribution < -0.4 is 5.32 Å². The van der Waals surface area contributed by atoms with Crippen LogP contribution in [0.4, 0.5) is 0 Å². The molecule has 0 aliphatic heterocycles. The standard InChI is InChI=1S/C12H14ClNO3/c13-10-5-3-4-9(8-10)12(17)14-7-2-1-6-11(15)16/h3-5,8H,1-2,6-7H2,(H,14,17)(H,15,16). The number of benzene rings is 1. The Bertz CT molecular complexity index is 406. The summed E-state index contributed by atoms with van der Waals surface area (Å²) >= 11 is 5.76. The first-order valence-corrected chi connectivity index (χ1v) is 5.73. The number of amides is 1. The van der Waals surface area contributed by atoms with E-state index in [1.807, 2.05) is 0 Å². The molecular formula is C12H14ClNO3. The summed E-state index contributed by atoms with van der Waals surface area (Å²) < 4.78 is 0. The molecule has 0 bridgehead atoms. The largest absolute Gasteiger partial charge is 0.481 e. The van der Waals surface area contributed by atoms with E-state index in [4.69, 9.17) is 16.7 Å². The van der Waals surface area contributed by atoms with E-state index < -0.39 is 5.97 Å². The van der Waals surface area contributed by atoms with E-state index in [1.165, 1.54) is 0 Å². The molecule has 0 unspecified atom stereocenters. The number of hydrogen-bond donors (Lipinski definition) is 2. The monoisotopic (exact) mass is 255 g/mol. The Kier molecular flexibility index (Phi) is 5.49. The van der Waals surface area contributed by atoms with Crippen LogP contribution in [0, 0.1) is 0 Å². The molecule has 0 spiro atoms. The third-order valence-corrected chi connectivity index (χ3v) is 2.42. The van der Waals surface area contributed by atoms with Crippen molar-refractivity contribution >= 4 is 23.5 Å². The highest BCUT2D eigenvalue weighted by molar-refractivity contribution is 6.30. The lowest BCUT2D eigenvalue weighted by atomic mass is 10.2. The number of aliphatic carboxylic acids is 1.